The third-order valence-corrected chi connectivity index (χ3v) is 6.01. The molecule has 2 aromatic carbocycles. The van der Waals surface area contributed by atoms with Crippen LogP contribution in [0.15, 0.2) is 54.7 Å². The van der Waals surface area contributed by atoms with Gasteiger partial charge in [0.05, 0.1) is 13.7 Å². The Morgan fingerprint density at radius 3 is 2.87 bits per heavy atom. The average molecular weight is 438 g/mol. The van der Waals surface area contributed by atoms with Crippen molar-refractivity contribution in [1.82, 2.24) is 10.3 Å². The van der Waals surface area contributed by atoms with Crippen LogP contribution in [0.2, 0.25) is 0 Å². The second kappa shape index (κ2) is 9.72. The van der Waals surface area contributed by atoms with Crippen molar-refractivity contribution in [2.24, 2.45) is 0 Å². The Hall–Kier alpha value is -3.23. The lowest BCUT2D eigenvalue weighted by Gasteiger charge is -2.25. The Morgan fingerprint density at radius 2 is 2.06 bits per heavy atom. The maximum Gasteiger partial charge on any atom is 0.327 e. The first kappa shape index (κ1) is 21.0. The zero-order valence-electron chi connectivity index (χ0n) is 17.1. The van der Waals surface area contributed by atoms with E-state index in [9.17, 15) is 9.59 Å². The van der Waals surface area contributed by atoms with E-state index in [1.807, 2.05) is 36.4 Å². The molecule has 1 aliphatic heterocycles. The van der Waals surface area contributed by atoms with Crippen molar-refractivity contribution in [3.8, 4) is 5.75 Å². The minimum atomic E-state index is -0.463. The number of aromatic nitrogens is 1. The zero-order chi connectivity index (χ0) is 21.6. The van der Waals surface area contributed by atoms with Crippen LogP contribution in [-0.2, 0) is 22.4 Å². The van der Waals surface area contributed by atoms with E-state index < -0.39 is 6.04 Å². The van der Waals surface area contributed by atoms with E-state index in [2.05, 4.69) is 15.6 Å². The van der Waals surface area contributed by atoms with Crippen LogP contribution in [0.3, 0.4) is 0 Å². The van der Waals surface area contributed by atoms with Crippen molar-refractivity contribution in [3.63, 3.8) is 0 Å². The quantitative estimate of drug-likeness (QED) is 0.551. The maximum absolute atomic E-state index is 12.2. The van der Waals surface area contributed by atoms with E-state index in [1.165, 1.54) is 18.4 Å². The highest BCUT2D eigenvalue weighted by Crippen LogP contribution is 2.28. The van der Waals surface area contributed by atoms with E-state index in [4.69, 9.17) is 9.47 Å². The normalized spacial score (nSPS) is 15.1. The van der Waals surface area contributed by atoms with Crippen LogP contribution in [-0.4, -0.2) is 37.1 Å². The maximum atomic E-state index is 12.2. The van der Waals surface area contributed by atoms with Crippen molar-refractivity contribution in [2.45, 2.75) is 18.9 Å². The van der Waals surface area contributed by atoms with Crippen molar-refractivity contribution >= 4 is 28.3 Å². The molecule has 1 atom stereocenters. The molecule has 4 rings (SSSR count). The molecule has 0 aliphatic carbocycles. The number of fused-ring (bicyclic) bond motifs is 1. The number of ether oxygens (including phenoxy) is 2. The lowest BCUT2D eigenvalue weighted by atomic mass is 9.94. The van der Waals surface area contributed by atoms with Crippen LogP contribution in [0.4, 0.5) is 5.13 Å². The summed E-state index contributed by atoms with van der Waals surface area (Å²) in [5.41, 5.74) is 2.62. The predicted octanol–water partition coefficient (Wildman–Crippen LogP) is 3.38. The molecule has 2 N–H and O–H groups in total. The SMILES string of the molecule is COC(=O)C1NCCc2ccc(OCCc3cnc(NC(=O)c4ccccc4)s3)cc21. The standard InChI is InChI=1S/C23H23N3O4S/c1-29-22(28)20-19-13-17(8-7-15(19)9-11-24-20)30-12-10-18-14-25-23(31-18)26-21(27)16-5-3-2-4-6-16/h2-8,13-14,20,24H,9-12H2,1H3,(H,25,26,27). The molecule has 7 nitrogen and oxygen atoms in total. The molecule has 0 saturated heterocycles. The molecule has 0 bridgehead atoms. The fourth-order valence-corrected chi connectivity index (χ4v) is 4.25. The van der Waals surface area contributed by atoms with E-state index in [-0.39, 0.29) is 11.9 Å². The molecular formula is C23H23N3O4S. The minimum Gasteiger partial charge on any atom is -0.493 e. The van der Waals surface area contributed by atoms with E-state index in [0.717, 1.165) is 29.0 Å². The molecule has 0 spiro atoms. The second-order valence-electron chi connectivity index (χ2n) is 7.07. The average Bonchev–Trinajstić information content (AvgIpc) is 3.25. The number of amides is 1. The number of benzene rings is 2. The van der Waals surface area contributed by atoms with Crippen LogP contribution in [0, 0.1) is 0 Å². The lowest BCUT2D eigenvalue weighted by molar-refractivity contribution is -0.143. The molecule has 3 aromatic rings. The van der Waals surface area contributed by atoms with Gasteiger partial charge in [-0.05, 0) is 41.8 Å². The lowest BCUT2D eigenvalue weighted by Crippen LogP contribution is -2.35. The monoisotopic (exact) mass is 437 g/mol. The number of carbonyl (C=O) groups excluding carboxylic acids is 2. The summed E-state index contributed by atoms with van der Waals surface area (Å²) in [5.74, 6) is 0.229. The number of hydrogen-bond acceptors (Lipinski definition) is 7. The molecule has 31 heavy (non-hydrogen) atoms. The molecule has 160 valence electrons. The van der Waals surface area contributed by atoms with Crippen molar-refractivity contribution in [2.75, 3.05) is 25.6 Å². The second-order valence-corrected chi connectivity index (χ2v) is 8.19. The van der Waals surface area contributed by atoms with Crippen LogP contribution in [0.5, 0.6) is 5.75 Å². The number of hydrogen-bond donors (Lipinski definition) is 2. The third kappa shape index (κ3) is 5.10. The van der Waals surface area contributed by atoms with Gasteiger partial charge in [0.25, 0.3) is 5.91 Å². The minimum absolute atomic E-state index is 0.180. The van der Waals surface area contributed by atoms with Crippen LogP contribution >= 0.6 is 11.3 Å². The molecule has 1 aromatic heterocycles. The summed E-state index contributed by atoms with van der Waals surface area (Å²) >= 11 is 1.43. The number of nitrogens with one attached hydrogen (secondary N) is 2. The van der Waals surface area contributed by atoms with Gasteiger partial charge in [0.15, 0.2) is 5.13 Å². The predicted molar refractivity (Wildman–Crippen MR) is 119 cm³/mol. The summed E-state index contributed by atoms with van der Waals surface area (Å²) in [4.78, 5) is 29.6. The van der Waals surface area contributed by atoms with Crippen LogP contribution in [0.1, 0.15) is 32.4 Å². The van der Waals surface area contributed by atoms with Gasteiger partial charge in [-0.15, -0.1) is 11.3 Å². The summed E-state index contributed by atoms with van der Waals surface area (Å²) in [5, 5.41) is 6.57. The number of methoxy groups -OCH3 is 1. The largest absolute Gasteiger partial charge is 0.493 e. The Morgan fingerprint density at radius 1 is 1.23 bits per heavy atom. The summed E-state index contributed by atoms with van der Waals surface area (Å²) in [6.07, 6.45) is 3.27. The number of nitrogens with zero attached hydrogens (tertiary/aromatic N) is 1. The number of anilines is 1. The third-order valence-electron chi connectivity index (χ3n) is 5.04. The van der Waals surface area contributed by atoms with Gasteiger partial charge in [-0.3, -0.25) is 10.1 Å². The van der Waals surface area contributed by atoms with Crippen molar-refractivity contribution in [1.29, 1.82) is 0 Å². The number of esters is 1. The van der Waals surface area contributed by atoms with Gasteiger partial charge >= 0.3 is 5.97 Å². The molecular weight excluding hydrogens is 414 g/mol. The molecule has 8 heteroatoms. The Labute approximate surface area is 184 Å². The van der Waals surface area contributed by atoms with Gasteiger partial charge in [0.2, 0.25) is 0 Å². The number of carbonyl (C=O) groups is 2. The molecule has 1 amide bonds. The molecule has 1 unspecified atom stereocenters. The summed E-state index contributed by atoms with van der Waals surface area (Å²) in [6, 6.07) is 14.4. The Balaban J connectivity index is 1.33. The molecule has 1 aliphatic rings. The van der Waals surface area contributed by atoms with E-state index >= 15 is 0 Å². The number of rotatable bonds is 7. The molecule has 2 heterocycles. The van der Waals surface area contributed by atoms with Crippen molar-refractivity contribution in [3.05, 3.63) is 76.3 Å². The molecule has 0 radical (unpaired) electrons. The first-order chi connectivity index (χ1) is 15.1. The van der Waals surface area contributed by atoms with Gasteiger partial charge in [-0.25, -0.2) is 9.78 Å². The highest BCUT2D eigenvalue weighted by atomic mass is 32.1. The van der Waals surface area contributed by atoms with Gasteiger partial charge in [0.1, 0.15) is 11.8 Å². The van der Waals surface area contributed by atoms with Crippen molar-refractivity contribution < 1.29 is 19.1 Å². The fourth-order valence-electron chi connectivity index (χ4n) is 3.46. The fraction of sp³-hybridized carbons (Fsp3) is 0.261. The molecule has 0 saturated carbocycles. The van der Waals surface area contributed by atoms with Crippen LogP contribution in [0.25, 0.3) is 0 Å². The first-order valence-electron chi connectivity index (χ1n) is 10.0. The Bertz CT molecular complexity index is 1070. The highest BCUT2D eigenvalue weighted by molar-refractivity contribution is 7.15. The molecule has 0 fully saturated rings. The topological polar surface area (TPSA) is 89.6 Å². The van der Waals surface area contributed by atoms with Gasteiger partial charge in [-0.1, -0.05) is 24.3 Å². The Kier molecular flexibility index (Phi) is 6.59. The smallest absolute Gasteiger partial charge is 0.327 e. The first-order valence-corrected chi connectivity index (χ1v) is 10.8. The van der Waals surface area contributed by atoms with Gasteiger partial charge < -0.3 is 14.8 Å². The summed E-state index contributed by atoms with van der Waals surface area (Å²) in [7, 11) is 1.39. The highest BCUT2D eigenvalue weighted by Gasteiger charge is 2.27. The number of thiazole rings is 1. The van der Waals surface area contributed by atoms with Crippen LogP contribution < -0.4 is 15.4 Å². The van der Waals surface area contributed by atoms with Gasteiger partial charge in [0, 0.05) is 29.6 Å². The van der Waals surface area contributed by atoms with E-state index in [0.29, 0.717) is 29.5 Å². The van der Waals surface area contributed by atoms with Gasteiger partial charge in [-0.2, -0.15) is 0 Å². The summed E-state index contributed by atoms with van der Waals surface area (Å²) < 4.78 is 10.8. The summed E-state index contributed by atoms with van der Waals surface area (Å²) in [6.45, 7) is 1.20. The van der Waals surface area contributed by atoms with E-state index in [1.54, 1.807) is 18.3 Å². The zero-order valence-corrected chi connectivity index (χ0v) is 17.9.